The number of aryl methyl sites for hydroxylation is 1. The van der Waals surface area contributed by atoms with Crippen molar-refractivity contribution >= 4 is 17.6 Å². The van der Waals surface area contributed by atoms with E-state index < -0.39 is 4.92 Å². The van der Waals surface area contributed by atoms with Crippen LogP contribution in [0.2, 0.25) is 0 Å². The van der Waals surface area contributed by atoms with Crippen molar-refractivity contribution in [3.05, 3.63) is 93.5 Å². The van der Waals surface area contributed by atoms with Crippen LogP contribution in [0.5, 0.6) is 11.5 Å². The summed E-state index contributed by atoms with van der Waals surface area (Å²) in [6.07, 6.45) is 1.65. The van der Waals surface area contributed by atoms with Gasteiger partial charge in [-0.05, 0) is 55.3 Å². The predicted octanol–water partition coefficient (Wildman–Crippen LogP) is 5.33. The lowest BCUT2D eigenvalue weighted by Crippen LogP contribution is -2.00. The van der Waals surface area contributed by atoms with Crippen LogP contribution < -0.4 is 14.9 Å². The van der Waals surface area contributed by atoms with E-state index in [1.54, 1.807) is 18.3 Å². The molecule has 30 heavy (non-hydrogen) atoms. The number of nitrogens with zero attached hydrogens (tertiary/aromatic N) is 2. The average molecular weight is 405 g/mol. The molecule has 0 aliphatic carbocycles. The topological polar surface area (TPSA) is 86.0 Å². The van der Waals surface area contributed by atoms with Crippen molar-refractivity contribution in [3.63, 3.8) is 0 Å². The van der Waals surface area contributed by atoms with E-state index in [1.165, 1.54) is 17.7 Å². The molecule has 0 unspecified atom stereocenters. The van der Waals surface area contributed by atoms with Gasteiger partial charge in [-0.1, -0.05) is 29.8 Å². The Hall–Kier alpha value is -3.87. The van der Waals surface area contributed by atoms with Crippen LogP contribution in [-0.2, 0) is 6.61 Å². The zero-order valence-corrected chi connectivity index (χ0v) is 16.9. The molecule has 154 valence electrons. The second kappa shape index (κ2) is 10.1. The van der Waals surface area contributed by atoms with Gasteiger partial charge in [0.05, 0.1) is 23.4 Å². The maximum absolute atomic E-state index is 10.7. The first-order valence-electron chi connectivity index (χ1n) is 9.54. The third-order valence-corrected chi connectivity index (χ3v) is 4.27. The number of nitro benzene ring substituents is 1. The van der Waals surface area contributed by atoms with Gasteiger partial charge in [-0.2, -0.15) is 5.10 Å². The van der Waals surface area contributed by atoms with E-state index in [9.17, 15) is 10.1 Å². The van der Waals surface area contributed by atoms with Crippen LogP contribution in [0.3, 0.4) is 0 Å². The molecule has 1 N–H and O–H groups in total. The van der Waals surface area contributed by atoms with Crippen molar-refractivity contribution in [3.8, 4) is 11.5 Å². The molecular weight excluding hydrogens is 382 g/mol. The fourth-order valence-electron chi connectivity index (χ4n) is 2.68. The summed E-state index contributed by atoms with van der Waals surface area (Å²) in [5, 5.41) is 14.9. The highest BCUT2D eigenvalue weighted by atomic mass is 16.6. The number of hydrazone groups is 1. The second-order valence-corrected chi connectivity index (χ2v) is 6.59. The molecule has 0 aliphatic heterocycles. The lowest BCUT2D eigenvalue weighted by atomic mass is 10.2. The van der Waals surface area contributed by atoms with Gasteiger partial charge in [-0.3, -0.25) is 15.5 Å². The summed E-state index contributed by atoms with van der Waals surface area (Å²) in [7, 11) is 0. The Morgan fingerprint density at radius 3 is 2.40 bits per heavy atom. The molecular formula is C23H23N3O4. The molecule has 0 bridgehead atoms. The fourth-order valence-corrected chi connectivity index (χ4v) is 2.68. The number of hydrogen-bond acceptors (Lipinski definition) is 6. The lowest BCUT2D eigenvalue weighted by molar-refractivity contribution is -0.384. The number of nitrogens with one attached hydrogen (secondary N) is 1. The minimum Gasteiger partial charge on any atom is -0.490 e. The van der Waals surface area contributed by atoms with E-state index >= 15 is 0 Å². The van der Waals surface area contributed by atoms with Gasteiger partial charge < -0.3 is 9.47 Å². The van der Waals surface area contributed by atoms with E-state index in [0.29, 0.717) is 30.4 Å². The molecule has 7 nitrogen and oxygen atoms in total. The number of nitro groups is 1. The van der Waals surface area contributed by atoms with Crippen LogP contribution >= 0.6 is 0 Å². The highest BCUT2D eigenvalue weighted by Gasteiger charge is 2.07. The average Bonchev–Trinajstić information content (AvgIpc) is 2.75. The Labute approximate surface area is 175 Å². The Morgan fingerprint density at radius 1 is 1.00 bits per heavy atom. The molecule has 3 rings (SSSR count). The molecule has 0 saturated carbocycles. The quantitative estimate of drug-likeness (QED) is 0.295. The molecule has 0 aliphatic rings. The van der Waals surface area contributed by atoms with E-state index in [0.717, 1.165) is 11.1 Å². The highest BCUT2D eigenvalue weighted by molar-refractivity contribution is 5.81. The zero-order chi connectivity index (χ0) is 21.3. The Kier molecular flexibility index (Phi) is 7.00. The monoisotopic (exact) mass is 405 g/mol. The zero-order valence-electron chi connectivity index (χ0n) is 16.9. The first-order valence-corrected chi connectivity index (χ1v) is 9.54. The van der Waals surface area contributed by atoms with Crippen molar-refractivity contribution in [1.29, 1.82) is 0 Å². The van der Waals surface area contributed by atoms with Crippen LogP contribution in [-0.4, -0.2) is 17.7 Å². The molecule has 3 aromatic rings. The lowest BCUT2D eigenvalue weighted by Gasteiger charge is -2.13. The molecule has 0 saturated heterocycles. The smallest absolute Gasteiger partial charge is 0.269 e. The molecule has 0 aromatic heterocycles. The molecule has 7 heteroatoms. The van der Waals surface area contributed by atoms with Crippen LogP contribution in [0.4, 0.5) is 11.4 Å². The van der Waals surface area contributed by atoms with Gasteiger partial charge in [0.2, 0.25) is 0 Å². The van der Waals surface area contributed by atoms with Crippen molar-refractivity contribution in [2.24, 2.45) is 5.10 Å². The fraction of sp³-hybridized carbons (Fsp3) is 0.174. The number of anilines is 1. The van der Waals surface area contributed by atoms with Gasteiger partial charge in [0, 0.05) is 12.1 Å². The minimum absolute atomic E-state index is 0.0344. The van der Waals surface area contributed by atoms with Gasteiger partial charge in [-0.15, -0.1) is 0 Å². The normalized spacial score (nSPS) is 10.7. The molecule has 0 spiro atoms. The molecule has 0 heterocycles. The summed E-state index contributed by atoms with van der Waals surface area (Å²) in [4.78, 5) is 10.3. The predicted molar refractivity (Wildman–Crippen MR) is 117 cm³/mol. The van der Waals surface area contributed by atoms with Crippen LogP contribution in [0.1, 0.15) is 23.6 Å². The van der Waals surface area contributed by atoms with Crippen molar-refractivity contribution in [1.82, 2.24) is 0 Å². The van der Waals surface area contributed by atoms with E-state index in [1.807, 2.05) is 37.3 Å². The molecule has 0 radical (unpaired) electrons. The Morgan fingerprint density at radius 2 is 1.73 bits per heavy atom. The maximum atomic E-state index is 10.7. The summed E-state index contributed by atoms with van der Waals surface area (Å²) in [6, 6.07) is 19.8. The number of ether oxygens (including phenoxy) is 2. The van der Waals surface area contributed by atoms with Crippen molar-refractivity contribution < 1.29 is 14.4 Å². The van der Waals surface area contributed by atoms with Gasteiger partial charge in [0.1, 0.15) is 6.61 Å². The molecule has 3 aromatic carbocycles. The highest BCUT2D eigenvalue weighted by Crippen LogP contribution is 2.29. The number of benzene rings is 3. The second-order valence-electron chi connectivity index (χ2n) is 6.59. The number of non-ortho nitro benzene ring substituents is 1. The van der Waals surface area contributed by atoms with Crippen LogP contribution in [0.15, 0.2) is 71.8 Å². The van der Waals surface area contributed by atoms with E-state index in [2.05, 4.69) is 29.6 Å². The largest absolute Gasteiger partial charge is 0.490 e. The third kappa shape index (κ3) is 5.81. The minimum atomic E-state index is -0.440. The van der Waals surface area contributed by atoms with Crippen molar-refractivity contribution in [2.75, 3.05) is 12.0 Å². The van der Waals surface area contributed by atoms with Gasteiger partial charge >= 0.3 is 0 Å². The number of hydrogen-bond donors (Lipinski definition) is 1. The first kappa shape index (κ1) is 20.9. The molecule has 0 atom stereocenters. The third-order valence-electron chi connectivity index (χ3n) is 4.27. The summed E-state index contributed by atoms with van der Waals surface area (Å²) in [6.45, 7) is 4.94. The molecule has 0 fully saturated rings. The SMILES string of the molecule is CCOc1cc(/C=N/Nc2ccc([N+](=O)[O-])cc2)ccc1OCc1ccc(C)cc1. The Bertz CT molecular complexity index is 1020. The summed E-state index contributed by atoms with van der Waals surface area (Å²) in [5.74, 6) is 1.31. The van der Waals surface area contributed by atoms with E-state index in [4.69, 9.17) is 9.47 Å². The van der Waals surface area contributed by atoms with E-state index in [-0.39, 0.29) is 5.69 Å². The standard InChI is InChI=1S/C23H23N3O4/c1-3-29-23-14-19(15-24-25-20-9-11-21(12-10-20)26(27)28)8-13-22(23)30-16-18-6-4-17(2)5-7-18/h4-15,25H,3,16H2,1-2H3/b24-15+. The summed E-state index contributed by atoms with van der Waals surface area (Å²) >= 11 is 0. The maximum Gasteiger partial charge on any atom is 0.269 e. The molecule has 0 amide bonds. The first-order chi connectivity index (χ1) is 14.5. The van der Waals surface area contributed by atoms with Gasteiger partial charge in [-0.25, -0.2) is 0 Å². The van der Waals surface area contributed by atoms with Gasteiger partial charge in [0.15, 0.2) is 11.5 Å². The Balaban J connectivity index is 1.65. The number of rotatable bonds is 9. The van der Waals surface area contributed by atoms with Crippen LogP contribution in [0.25, 0.3) is 0 Å². The summed E-state index contributed by atoms with van der Waals surface area (Å²) < 4.78 is 11.6. The van der Waals surface area contributed by atoms with Crippen LogP contribution in [0, 0.1) is 17.0 Å². The van der Waals surface area contributed by atoms with Gasteiger partial charge in [0.25, 0.3) is 5.69 Å². The van der Waals surface area contributed by atoms with Crippen molar-refractivity contribution in [2.45, 2.75) is 20.5 Å². The summed E-state index contributed by atoms with van der Waals surface area (Å²) in [5.41, 5.74) is 6.66.